The Kier molecular flexibility index (Phi) is 6.13. The standard InChI is InChI=1S/C20H22BrF3/c1-4-6-15-12-16(7-5-2)19(21)13(3)18(15)14-8-10-17(11-9-14)20(22,23)24/h8-12H,4-7H2,1-3H3. The number of hydrogen-bond acceptors (Lipinski definition) is 0. The molecular formula is C20H22BrF3. The average Bonchev–Trinajstić information content (AvgIpc) is 2.52. The van der Waals surface area contributed by atoms with E-state index in [2.05, 4.69) is 35.8 Å². The van der Waals surface area contributed by atoms with E-state index < -0.39 is 11.7 Å². The number of benzene rings is 2. The summed E-state index contributed by atoms with van der Waals surface area (Å²) >= 11 is 3.68. The lowest BCUT2D eigenvalue weighted by Crippen LogP contribution is -2.04. The van der Waals surface area contributed by atoms with Crippen LogP contribution in [0.25, 0.3) is 11.1 Å². The van der Waals surface area contributed by atoms with Crippen molar-refractivity contribution < 1.29 is 13.2 Å². The smallest absolute Gasteiger partial charge is 0.166 e. The van der Waals surface area contributed by atoms with E-state index in [0.29, 0.717) is 0 Å². The highest BCUT2D eigenvalue weighted by Crippen LogP contribution is 2.37. The minimum Gasteiger partial charge on any atom is -0.166 e. The Morgan fingerprint density at radius 3 is 1.96 bits per heavy atom. The predicted molar refractivity (Wildman–Crippen MR) is 97.3 cm³/mol. The summed E-state index contributed by atoms with van der Waals surface area (Å²) in [4.78, 5) is 0. The molecule has 0 atom stereocenters. The number of rotatable bonds is 5. The maximum Gasteiger partial charge on any atom is 0.416 e. The lowest BCUT2D eigenvalue weighted by atomic mass is 9.89. The second-order valence-electron chi connectivity index (χ2n) is 6.08. The van der Waals surface area contributed by atoms with E-state index in [4.69, 9.17) is 0 Å². The first kappa shape index (κ1) is 19.0. The number of hydrogen-bond donors (Lipinski definition) is 0. The SMILES string of the molecule is CCCc1cc(CCC)c(-c2ccc(C(F)(F)F)cc2)c(C)c1Br. The molecule has 0 aliphatic rings. The van der Waals surface area contributed by atoms with Crippen LogP contribution >= 0.6 is 15.9 Å². The van der Waals surface area contributed by atoms with E-state index >= 15 is 0 Å². The zero-order valence-electron chi connectivity index (χ0n) is 14.2. The van der Waals surface area contributed by atoms with E-state index in [1.165, 1.54) is 23.3 Å². The Morgan fingerprint density at radius 2 is 1.46 bits per heavy atom. The molecule has 0 heterocycles. The molecule has 2 aromatic carbocycles. The van der Waals surface area contributed by atoms with Crippen LogP contribution in [0.1, 0.15) is 48.9 Å². The van der Waals surface area contributed by atoms with Crippen molar-refractivity contribution >= 4 is 15.9 Å². The van der Waals surface area contributed by atoms with Gasteiger partial charge in [-0.15, -0.1) is 0 Å². The Morgan fingerprint density at radius 1 is 0.917 bits per heavy atom. The Bertz CT molecular complexity index is 700. The zero-order chi connectivity index (χ0) is 17.9. The molecule has 0 saturated carbocycles. The largest absolute Gasteiger partial charge is 0.416 e. The first-order valence-electron chi connectivity index (χ1n) is 8.28. The molecule has 0 spiro atoms. The molecule has 0 saturated heterocycles. The van der Waals surface area contributed by atoms with Gasteiger partial charge in [-0.3, -0.25) is 0 Å². The molecule has 24 heavy (non-hydrogen) atoms. The van der Waals surface area contributed by atoms with Crippen molar-refractivity contribution in [2.24, 2.45) is 0 Å². The summed E-state index contributed by atoms with van der Waals surface area (Å²) in [5.74, 6) is 0. The Labute approximate surface area is 150 Å². The molecule has 0 radical (unpaired) electrons. The summed E-state index contributed by atoms with van der Waals surface area (Å²) in [5.41, 5.74) is 4.87. The van der Waals surface area contributed by atoms with Crippen molar-refractivity contribution in [1.29, 1.82) is 0 Å². The summed E-state index contributed by atoms with van der Waals surface area (Å²) < 4.78 is 39.5. The third kappa shape index (κ3) is 4.02. The minimum absolute atomic E-state index is 0.609. The van der Waals surface area contributed by atoms with Gasteiger partial charge in [0.15, 0.2) is 0 Å². The van der Waals surface area contributed by atoms with Gasteiger partial charge >= 0.3 is 6.18 Å². The molecule has 0 aliphatic heterocycles. The molecule has 0 aromatic heterocycles. The molecular weight excluding hydrogens is 377 g/mol. The third-order valence-corrected chi connectivity index (χ3v) is 5.30. The van der Waals surface area contributed by atoms with E-state index in [9.17, 15) is 13.2 Å². The van der Waals surface area contributed by atoms with Gasteiger partial charge in [-0.05, 0) is 59.7 Å². The predicted octanol–water partition coefficient (Wildman–Crippen LogP) is 7.35. The summed E-state index contributed by atoms with van der Waals surface area (Å²) in [6.07, 6.45) is -0.332. The molecule has 0 N–H and O–H groups in total. The van der Waals surface area contributed by atoms with Gasteiger partial charge in [-0.2, -0.15) is 13.2 Å². The first-order chi connectivity index (χ1) is 11.3. The molecule has 0 nitrogen and oxygen atoms in total. The van der Waals surface area contributed by atoms with Crippen LogP contribution < -0.4 is 0 Å². The average molecular weight is 399 g/mol. The van der Waals surface area contributed by atoms with Gasteiger partial charge in [0.05, 0.1) is 5.56 Å². The lowest BCUT2D eigenvalue weighted by Gasteiger charge is -2.18. The van der Waals surface area contributed by atoms with Gasteiger partial charge in [0.2, 0.25) is 0 Å². The molecule has 0 unspecified atom stereocenters. The highest BCUT2D eigenvalue weighted by atomic mass is 79.9. The van der Waals surface area contributed by atoms with Crippen LogP contribution in [0, 0.1) is 6.92 Å². The van der Waals surface area contributed by atoms with Crippen LogP contribution in [0.4, 0.5) is 13.2 Å². The normalized spacial score (nSPS) is 11.8. The van der Waals surface area contributed by atoms with Crippen molar-refractivity contribution in [3.05, 3.63) is 57.1 Å². The van der Waals surface area contributed by atoms with Crippen molar-refractivity contribution in [2.75, 3.05) is 0 Å². The highest BCUT2D eigenvalue weighted by molar-refractivity contribution is 9.10. The molecule has 0 fully saturated rings. The van der Waals surface area contributed by atoms with Gasteiger partial charge < -0.3 is 0 Å². The van der Waals surface area contributed by atoms with Gasteiger partial charge in [-0.1, -0.05) is 60.8 Å². The number of alkyl halides is 3. The van der Waals surface area contributed by atoms with Crippen molar-refractivity contribution in [3.8, 4) is 11.1 Å². The fourth-order valence-corrected chi connectivity index (χ4v) is 3.59. The van der Waals surface area contributed by atoms with Crippen LogP contribution in [-0.2, 0) is 19.0 Å². The van der Waals surface area contributed by atoms with Gasteiger partial charge in [0, 0.05) is 4.47 Å². The van der Waals surface area contributed by atoms with Crippen molar-refractivity contribution in [1.82, 2.24) is 0 Å². The quantitative estimate of drug-likeness (QED) is 0.493. The second-order valence-corrected chi connectivity index (χ2v) is 6.88. The molecule has 2 aromatic rings. The first-order valence-corrected chi connectivity index (χ1v) is 9.07. The van der Waals surface area contributed by atoms with Crippen LogP contribution in [0.2, 0.25) is 0 Å². The fraction of sp³-hybridized carbons (Fsp3) is 0.400. The summed E-state index contributed by atoms with van der Waals surface area (Å²) in [7, 11) is 0. The van der Waals surface area contributed by atoms with Gasteiger partial charge in [0.25, 0.3) is 0 Å². The minimum atomic E-state index is -4.30. The van der Waals surface area contributed by atoms with E-state index in [1.54, 1.807) is 12.1 Å². The fourth-order valence-electron chi connectivity index (χ4n) is 3.08. The highest BCUT2D eigenvalue weighted by Gasteiger charge is 2.30. The number of aryl methyl sites for hydroxylation is 2. The van der Waals surface area contributed by atoms with Crippen molar-refractivity contribution in [3.63, 3.8) is 0 Å². The van der Waals surface area contributed by atoms with E-state index in [-0.39, 0.29) is 0 Å². The third-order valence-electron chi connectivity index (χ3n) is 4.20. The Hall–Kier alpha value is -1.29. The molecule has 0 bridgehead atoms. The maximum absolute atomic E-state index is 12.8. The summed E-state index contributed by atoms with van der Waals surface area (Å²) in [5, 5.41) is 0. The zero-order valence-corrected chi connectivity index (χ0v) is 15.8. The van der Waals surface area contributed by atoms with Crippen LogP contribution in [0.15, 0.2) is 34.8 Å². The molecule has 0 amide bonds. The maximum atomic E-state index is 12.8. The number of halogens is 4. The lowest BCUT2D eigenvalue weighted by molar-refractivity contribution is -0.137. The molecule has 4 heteroatoms. The van der Waals surface area contributed by atoms with E-state index in [1.807, 2.05) is 6.92 Å². The molecule has 2 rings (SSSR count). The summed E-state index contributed by atoms with van der Waals surface area (Å²) in [6.45, 7) is 6.30. The van der Waals surface area contributed by atoms with Crippen molar-refractivity contribution in [2.45, 2.75) is 52.6 Å². The second kappa shape index (κ2) is 7.73. The molecule has 130 valence electrons. The Balaban J connectivity index is 2.58. The van der Waals surface area contributed by atoms with Gasteiger partial charge in [0.1, 0.15) is 0 Å². The monoisotopic (exact) mass is 398 g/mol. The van der Waals surface area contributed by atoms with Crippen LogP contribution in [0.3, 0.4) is 0 Å². The van der Waals surface area contributed by atoms with E-state index in [0.717, 1.165) is 46.8 Å². The van der Waals surface area contributed by atoms with Crippen LogP contribution in [-0.4, -0.2) is 0 Å². The summed E-state index contributed by atoms with van der Waals surface area (Å²) in [6, 6.07) is 7.69. The topological polar surface area (TPSA) is 0 Å². The van der Waals surface area contributed by atoms with Gasteiger partial charge in [-0.25, -0.2) is 0 Å². The van der Waals surface area contributed by atoms with Crippen LogP contribution in [0.5, 0.6) is 0 Å². The molecule has 0 aliphatic carbocycles.